The molecule has 0 aliphatic carbocycles. The number of amides is 2. The number of para-hydroxylation sites is 1. The van der Waals surface area contributed by atoms with Crippen molar-refractivity contribution in [3.63, 3.8) is 0 Å². The van der Waals surface area contributed by atoms with Crippen molar-refractivity contribution < 1.29 is 19.4 Å². The van der Waals surface area contributed by atoms with Crippen LogP contribution in [0.25, 0.3) is 0 Å². The molecule has 2 saturated heterocycles. The number of ether oxygens (including phenoxy) is 1. The number of benzene rings is 1. The lowest BCUT2D eigenvalue weighted by atomic mass is 9.80. The van der Waals surface area contributed by atoms with E-state index < -0.39 is 0 Å². The smallest absolute Gasteiger partial charge is 0.236 e. The van der Waals surface area contributed by atoms with Crippen LogP contribution in [-0.4, -0.2) is 83.6 Å². The highest BCUT2D eigenvalue weighted by Crippen LogP contribution is 2.32. The second-order valence-corrected chi connectivity index (χ2v) is 10.8. The Morgan fingerprint density at radius 1 is 1.12 bits per heavy atom. The highest BCUT2D eigenvalue weighted by molar-refractivity contribution is 5.79. The quantitative estimate of drug-likeness (QED) is 0.731. The van der Waals surface area contributed by atoms with Gasteiger partial charge in [0.1, 0.15) is 5.75 Å². The number of nitrogens with zero attached hydrogens (tertiary/aromatic N) is 3. The maximum absolute atomic E-state index is 13.4. The van der Waals surface area contributed by atoms with Crippen molar-refractivity contribution in [1.82, 2.24) is 14.7 Å². The molecule has 2 bridgehead atoms. The molecule has 0 radical (unpaired) electrons. The number of likely N-dealkylation sites (tertiary alicyclic amines) is 1. The molecule has 4 rings (SSSR count). The number of carbonyl (C=O) groups excluding carboxylic acids is 2. The third kappa shape index (κ3) is 6.51. The Morgan fingerprint density at radius 2 is 1.94 bits per heavy atom. The predicted octanol–water partition coefficient (Wildman–Crippen LogP) is 2.77. The topological polar surface area (TPSA) is 73.3 Å². The van der Waals surface area contributed by atoms with Gasteiger partial charge < -0.3 is 19.6 Å². The van der Waals surface area contributed by atoms with Crippen LogP contribution in [0.15, 0.2) is 24.3 Å². The van der Waals surface area contributed by atoms with E-state index in [-0.39, 0.29) is 23.8 Å². The molecule has 1 aromatic carbocycles. The molecule has 7 heteroatoms. The largest absolute Gasteiger partial charge is 0.493 e. The van der Waals surface area contributed by atoms with Crippen LogP contribution in [0.1, 0.15) is 51.5 Å². The van der Waals surface area contributed by atoms with Crippen LogP contribution in [0.2, 0.25) is 0 Å². The molecule has 3 atom stereocenters. The third-order valence-electron chi connectivity index (χ3n) is 7.52. The van der Waals surface area contributed by atoms with Crippen molar-refractivity contribution in [1.29, 1.82) is 0 Å². The summed E-state index contributed by atoms with van der Waals surface area (Å²) in [5, 5.41) is 9.81. The molecule has 2 amide bonds. The zero-order chi connectivity index (χ0) is 24.1. The monoisotopic (exact) mass is 471 g/mol. The fourth-order valence-corrected chi connectivity index (χ4v) is 5.76. The van der Waals surface area contributed by atoms with Gasteiger partial charge in [-0.25, -0.2) is 0 Å². The molecule has 0 aromatic heterocycles. The van der Waals surface area contributed by atoms with Gasteiger partial charge in [-0.2, -0.15) is 0 Å². The number of rotatable bonds is 4. The van der Waals surface area contributed by atoms with Gasteiger partial charge in [0.2, 0.25) is 11.8 Å². The van der Waals surface area contributed by atoms with Crippen LogP contribution >= 0.6 is 0 Å². The number of hydrogen-bond donors (Lipinski definition) is 1. The first-order valence-electron chi connectivity index (χ1n) is 13.1. The Morgan fingerprint density at radius 3 is 2.71 bits per heavy atom. The maximum Gasteiger partial charge on any atom is 0.236 e. The van der Waals surface area contributed by atoms with Gasteiger partial charge in [-0.1, -0.05) is 32.0 Å². The molecule has 34 heavy (non-hydrogen) atoms. The minimum absolute atomic E-state index is 0.150. The third-order valence-corrected chi connectivity index (χ3v) is 7.52. The van der Waals surface area contributed by atoms with Gasteiger partial charge in [0.15, 0.2) is 0 Å². The van der Waals surface area contributed by atoms with Crippen LogP contribution in [0, 0.1) is 17.8 Å². The summed E-state index contributed by atoms with van der Waals surface area (Å²) in [7, 11) is 0. The first-order chi connectivity index (χ1) is 16.4. The van der Waals surface area contributed by atoms with Crippen LogP contribution in [0.4, 0.5) is 0 Å². The van der Waals surface area contributed by atoms with Gasteiger partial charge in [-0.3, -0.25) is 14.5 Å². The lowest BCUT2D eigenvalue weighted by Gasteiger charge is -2.40. The fourth-order valence-electron chi connectivity index (χ4n) is 5.76. The van der Waals surface area contributed by atoms with E-state index in [9.17, 15) is 14.7 Å². The Labute approximate surface area is 204 Å². The number of carbonyl (C=O) groups is 2. The van der Waals surface area contributed by atoms with Crippen LogP contribution in [-0.2, 0) is 16.1 Å². The molecule has 1 aromatic rings. The molecular formula is C27H41N3O4. The first kappa shape index (κ1) is 25.0. The van der Waals surface area contributed by atoms with Gasteiger partial charge in [0.25, 0.3) is 0 Å². The van der Waals surface area contributed by atoms with Gasteiger partial charge >= 0.3 is 0 Å². The second kappa shape index (κ2) is 11.5. The van der Waals surface area contributed by atoms with Crippen LogP contribution < -0.4 is 4.74 Å². The minimum atomic E-state index is -0.387. The molecule has 0 unspecified atom stereocenters. The highest BCUT2D eigenvalue weighted by Gasteiger charge is 2.35. The molecule has 3 aliphatic rings. The van der Waals surface area contributed by atoms with Gasteiger partial charge in [-0.05, 0) is 49.5 Å². The highest BCUT2D eigenvalue weighted by atomic mass is 16.5. The number of aliphatic hydroxyl groups is 1. The van der Waals surface area contributed by atoms with Crippen molar-refractivity contribution in [2.24, 2.45) is 17.8 Å². The Bertz CT molecular complexity index is 845. The summed E-state index contributed by atoms with van der Waals surface area (Å²) in [4.78, 5) is 32.3. The van der Waals surface area contributed by atoms with Crippen LogP contribution in [0.5, 0.6) is 5.75 Å². The molecule has 3 heterocycles. The van der Waals surface area contributed by atoms with E-state index in [1.165, 1.54) is 0 Å². The van der Waals surface area contributed by atoms with Gasteiger partial charge in [0, 0.05) is 51.3 Å². The average Bonchev–Trinajstić information content (AvgIpc) is 3.24. The predicted molar refractivity (Wildman–Crippen MR) is 131 cm³/mol. The lowest BCUT2D eigenvalue weighted by molar-refractivity contribution is -0.136. The minimum Gasteiger partial charge on any atom is -0.493 e. The van der Waals surface area contributed by atoms with E-state index in [0.29, 0.717) is 57.5 Å². The number of hydrogen-bond acceptors (Lipinski definition) is 5. The molecule has 0 spiro atoms. The Kier molecular flexibility index (Phi) is 8.48. The summed E-state index contributed by atoms with van der Waals surface area (Å²) >= 11 is 0. The van der Waals surface area contributed by atoms with Crippen molar-refractivity contribution in [3.05, 3.63) is 29.8 Å². The average molecular weight is 472 g/mol. The normalized spacial score (nSPS) is 26.9. The molecule has 2 fully saturated rings. The summed E-state index contributed by atoms with van der Waals surface area (Å²) in [6, 6.07) is 8.16. The van der Waals surface area contributed by atoms with Gasteiger partial charge in [0.05, 0.1) is 19.3 Å². The first-order valence-corrected chi connectivity index (χ1v) is 13.1. The number of aliphatic hydroxyl groups excluding tert-OH is 1. The fraction of sp³-hybridized carbons (Fsp3) is 0.704. The Balaban J connectivity index is 1.48. The van der Waals surface area contributed by atoms with E-state index in [1.807, 2.05) is 28.0 Å². The lowest BCUT2D eigenvalue weighted by Crippen LogP contribution is -2.48. The summed E-state index contributed by atoms with van der Waals surface area (Å²) in [6.07, 6.45) is 3.52. The number of piperidine rings is 1. The second-order valence-electron chi connectivity index (χ2n) is 10.8. The standard InChI is InChI=1S/C27H41N3O4/c1-20(2)15-28-16-23-6-3-4-8-25(23)34-13-5-7-22-17-29(27(33)19-28)11-9-21(22)14-26(32)30-12-10-24(31)18-30/h3-4,6,8,20-22,24,31H,5,7,9-19H2,1-2H3/t21-,22-,24+/m0/s1. The van der Waals surface area contributed by atoms with E-state index >= 15 is 0 Å². The van der Waals surface area contributed by atoms with Crippen molar-refractivity contribution >= 4 is 11.8 Å². The summed E-state index contributed by atoms with van der Waals surface area (Å²) in [5.74, 6) is 2.29. The molecular weight excluding hydrogens is 430 g/mol. The van der Waals surface area contributed by atoms with Crippen molar-refractivity contribution in [3.8, 4) is 5.75 Å². The number of fused-ring (bicyclic) bond motifs is 3. The molecule has 1 N–H and O–H groups in total. The molecule has 3 aliphatic heterocycles. The summed E-state index contributed by atoms with van der Waals surface area (Å²) < 4.78 is 6.20. The van der Waals surface area contributed by atoms with E-state index in [4.69, 9.17) is 4.74 Å². The van der Waals surface area contributed by atoms with Gasteiger partial charge in [-0.15, -0.1) is 0 Å². The van der Waals surface area contributed by atoms with Crippen molar-refractivity contribution in [2.75, 3.05) is 45.9 Å². The van der Waals surface area contributed by atoms with Crippen LogP contribution in [0.3, 0.4) is 0 Å². The maximum atomic E-state index is 13.4. The zero-order valence-electron chi connectivity index (χ0n) is 20.8. The van der Waals surface area contributed by atoms with E-state index in [1.54, 1.807) is 0 Å². The van der Waals surface area contributed by atoms with E-state index in [2.05, 4.69) is 24.8 Å². The molecule has 188 valence electrons. The number of β-amino-alcohol motifs (C(OH)–C–C–N with tert-alkyl or cyclic N) is 1. The Hall–Kier alpha value is -2.12. The van der Waals surface area contributed by atoms with Crippen molar-refractivity contribution in [2.45, 2.75) is 58.6 Å². The molecule has 0 saturated carbocycles. The summed E-state index contributed by atoms with van der Waals surface area (Å²) in [6.45, 7) is 9.55. The zero-order valence-corrected chi connectivity index (χ0v) is 20.8. The SMILES string of the molecule is CC(C)CN1CC(=O)N2CC[C@@H](CC(=O)N3CC[C@@H](O)C3)[C@@H](CCCOc3ccccc3C1)C2. The molecule has 7 nitrogen and oxygen atoms in total. The summed E-state index contributed by atoms with van der Waals surface area (Å²) in [5.41, 5.74) is 1.13. The van der Waals surface area contributed by atoms with E-state index in [0.717, 1.165) is 50.2 Å².